The van der Waals surface area contributed by atoms with Crippen LogP contribution in [0.5, 0.6) is 5.75 Å². The van der Waals surface area contributed by atoms with Crippen LogP contribution in [0.1, 0.15) is 18.9 Å². The van der Waals surface area contributed by atoms with E-state index in [1.54, 1.807) is 0 Å². The minimum absolute atomic E-state index is 0.159. The highest BCUT2D eigenvalue weighted by molar-refractivity contribution is 5.91. The van der Waals surface area contributed by atoms with Crippen molar-refractivity contribution >= 4 is 5.78 Å². The summed E-state index contributed by atoms with van der Waals surface area (Å²) in [6.45, 7) is 1.77. The van der Waals surface area contributed by atoms with Gasteiger partial charge in [0.2, 0.25) is 0 Å². The van der Waals surface area contributed by atoms with Crippen LogP contribution in [-0.2, 0) is 10.2 Å². The third-order valence-electron chi connectivity index (χ3n) is 3.55. The highest BCUT2D eigenvalue weighted by Gasteiger charge is 2.37. The van der Waals surface area contributed by atoms with Gasteiger partial charge in [0.1, 0.15) is 11.2 Å². The molecule has 3 nitrogen and oxygen atoms in total. The molecule has 0 spiro atoms. The summed E-state index contributed by atoms with van der Waals surface area (Å²) in [5, 5.41) is 9.57. The molecular weight excluding hydrogens is 262 g/mol. The Morgan fingerprint density at radius 3 is 2.19 bits per heavy atom. The molecule has 0 aliphatic carbocycles. The maximum atomic E-state index is 12.1. The van der Waals surface area contributed by atoms with Gasteiger partial charge in [-0.2, -0.15) is 5.26 Å². The molecule has 0 aliphatic heterocycles. The van der Waals surface area contributed by atoms with Crippen molar-refractivity contribution in [1.29, 1.82) is 5.26 Å². The largest absolute Gasteiger partial charge is 0.494 e. The number of Topliss-reactive ketones (excluding diaryl/α,β-unsaturated/α-hetero) is 1. The SMILES string of the molecule is CC(=O)C(C#N)(CCOc1ccccc1)c1ccccc1. The number of ketones is 1. The van der Waals surface area contributed by atoms with Crippen LogP contribution >= 0.6 is 0 Å². The van der Waals surface area contributed by atoms with Gasteiger partial charge in [-0.3, -0.25) is 4.79 Å². The maximum Gasteiger partial charge on any atom is 0.154 e. The molecule has 0 fully saturated rings. The molecule has 0 aliphatic rings. The van der Waals surface area contributed by atoms with E-state index in [1.165, 1.54) is 6.92 Å². The third kappa shape index (κ3) is 3.29. The second kappa shape index (κ2) is 6.71. The Balaban J connectivity index is 2.15. The molecule has 0 saturated heterocycles. The van der Waals surface area contributed by atoms with E-state index in [-0.39, 0.29) is 5.78 Å². The summed E-state index contributed by atoms with van der Waals surface area (Å²) in [6, 6.07) is 20.7. The van der Waals surface area contributed by atoms with Crippen LogP contribution in [0.3, 0.4) is 0 Å². The van der Waals surface area contributed by atoms with Crippen LogP contribution < -0.4 is 4.74 Å². The fourth-order valence-electron chi connectivity index (χ4n) is 2.28. The molecule has 1 unspecified atom stereocenters. The Labute approximate surface area is 124 Å². The molecular formula is C18H17NO2. The first kappa shape index (κ1) is 14.8. The maximum absolute atomic E-state index is 12.1. The van der Waals surface area contributed by atoms with Crippen molar-refractivity contribution in [3.8, 4) is 11.8 Å². The van der Waals surface area contributed by atoms with Crippen LogP contribution in [0.25, 0.3) is 0 Å². The molecule has 0 N–H and O–H groups in total. The van der Waals surface area contributed by atoms with Crippen LogP contribution in [0.15, 0.2) is 60.7 Å². The minimum Gasteiger partial charge on any atom is -0.494 e. The van der Waals surface area contributed by atoms with Crippen LogP contribution in [0.4, 0.5) is 0 Å². The zero-order valence-corrected chi connectivity index (χ0v) is 12.0. The predicted molar refractivity (Wildman–Crippen MR) is 81.0 cm³/mol. The van der Waals surface area contributed by atoms with Crippen molar-refractivity contribution in [2.75, 3.05) is 6.61 Å². The molecule has 0 amide bonds. The van der Waals surface area contributed by atoms with Gasteiger partial charge in [-0.25, -0.2) is 0 Å². The van der Waals surface area contributed by atoms with Crippen molar-refractivity contribution in [3.05, 3.63) is 66.2 Å². The van der Waals surface area contributed by atoms with Gasteiger partial charge in [0, 0.05) is 6.42 Å². The van der Waals surface area contributed by atoms with Crippen molar-refractivity contribution in [1.82, 2.24) is 0 Å². The molecule has 0 aromatic heterocycles. The minimum atomic E-state index is -1.14. The smallest absolute Gasteiger partial charge is 0.154 e. The number of hydrogen-bond donors (Lipinski definition) is 0. The molecule has 2 aromatic rings. The molecule has 0 radical (unpaired) electrons. The lowest BCUT2D eigenvalue weighted by Gasteiger charge is -2.24. The van der Waals surface area contributed by atoms with E-state index >= 15 is 0 Å². The summed E-state index contributed by atoms with van der Waals surface area (Å²) < 4.78 is 5.63. The molecule has 106 valence electrons. The number of rotatable bonds is 6. The normalized spacial score (nSPS) is 13.0. The van der Waals surface area contributed by atoms with E-state index in [9.17, 15) is 10.1 Å². The summed E-state index contributed by atoms with van der Waals surface area (Å²) in [5.41, 5.74) is -0.424. The summed E-state index contributed by atoms with van der Waals surface area (Å²) in [6.07, 6.45) is 0.331. The quantitative estimate of drug-likeness (QED) is 0.813. The lowest BCUT2D eigenvalue weighted by molar-refractivity contribution is -0.121. The van der Waals surface area contributed by atoms with Crippen molar-refractivity contribution < 1.29 is 9.53 Å². The van der Waals surface area contributed by atoms with Crippen molar-refractivity contribution in [2.24, 2.45) is 0 Å². The number of carbonyl (C=O) groups excluding carboxylic acids is 1. The average molecular weight is 279 g/mol. The van der Waals surface area contributed by atoms with E-state index in [0.717, 1.165) is 11.3 Å². The fraction of sp³-hybridized carbons (Fsp3) is 0.222. The molecule has 21 heavy (non-hydrogen) atoms. The predicted octanol–water partition coefficient (Wildman–Crippen LogP) is 3.51. The second-order valence-electron chi connectivity index (χ2n) is 4.85. The van der Waals surface area contributed by atoms with Crippen molar-refractivity contribution in [3.63, 3.8) is 0 Å². The van der Waals surface area contributed by atoms with E-state index in [4.69, 9.17) is 4.74 Å². The average Bonchev–Trinajstić information content (AvgIpc) is 2.53. The summed E-state index contributed by atoms with van der Waals surface area (Å²) in [5.74, 6) is 0.578. The number of nitrogens with zero attached hydrogens (tertiary/aromatic N) is 1. The van der Waals surface area contributed by atoms with Crippen LogP contribution in [0.2, 0.25) is 0 Å². The molecule has 0 heterocycles. The molecule has 1 atom stereocenters. The van der Waals surface area contributed by atoms with E-state index in [1.807, 2.05) is 60.7 Å². The first-order chi connectivity index (χ1) is 10.2. The molecule has 0 bridgehead atoms. The summed E-state index contributed by atoms with van der Waals surface area (Å²) in [7, 11) is 0. The van der Waals surface area contributed by atoms with E-state index < -0.39 is 5.41 Å². The highest BCUT2D eigenvalue weighted by Crippen LogP contribution is 2.29. The summed E-state index contributed by atoms with van der Waals surface area (Å²) in [4.78, 5) is 12.1. The monoisotopic (exact) mass is 279 g/mol. The topological polar surface area (TPSA) is 50.1 Å². The Bertz CT molecular complexity index is 631. The van der Waals surface area contributed by atoms with Gasteiger partial charge in [0.25, 0.3) is 0 Å². The van der Waals surface area contributed by atoms with Gasteiger partial charge >= 0.3 is 0 Å². The van der Waals surface area contributed by atoms with Crippen LogP contribution in [-0.4, -0.2) is 12.4 Å². The molecule has 3 heteroatoms. The Morgan fingerprint density at radius 2 is 1.67 bits per heavy atom. The third-order valence-corrected chi connectivity index (χ3v) is 3.55. The second-order valence-corrected chi connectivity index (χ2v) is 4.85. The van der Waals surface area contributed by atoms with Gasteiger partial charge < -0.3 is 4.74 Å². The zero-order chi connectivity index (χ0) is 15.1. The first-order valence-corrected chi connectivity index (χ1v) is 6.85. The molecule has 2 aromatic carbocycles. The Kier molecular flexibility index (Phi) is 4.73. The van der Waals surface area contributed by atoms with E-state index in [0.29, 0.717) is 13.0 Å². The van der Waals surface area contributed by atoms with Gasteiger partial charge in [-0.15, -0.1) is 0 Å². The van der Waals surface area contributed by atoms with Crippen LogP contribution in [0, 0.1) is 11.3 Å². The Hall–Kier alpha value is -2.60. The lowest BCUT2D eigenvalue weighted by atomic mass is 9.76. The van der Waals surface area contributed by atoms with Gasteiger partial charge in [-0.1, -0.05) is 48.5 Å². The number of benzene rings is 2. The number of hydrogen-bond acceptors (Lipinski definition) is 3. The first-order valence-electron chi connectivity index (χ1n) is 6.85. The lowest BCUT2D eigenvalue weighted by Crippen LogP contribution is -2.34. The van der Waals surface area contributed by atoms with Gasteiger partial charge in [-0.05, 0) is 24.6 Å². The standard InChI is InChI=1S/C18H17NO2/c1-15(20)18(14-19,16-8-4-2-5-9-16)12-13-21-17-10-6-3-7-11-17/h2-11H,12-13H2,1H3. The highest BCUT2D eigenvalue weighted by atomic mass is 16.5. The van der Waals surface area contributed by atoms with Crippen molar-refractivity contribution in [2.45, 2.75) is 18.8 Å². The Morgan fingerprint density at radius 1 is 1.10 bits per heavy atom. The fourth-order valence-corrected chi connectivity index (χ4v) is 2.28. The van der Waals surface area contributed by atoms with E-state index in [2.05, 4.69) is 6.07 Å². The number of carbonyl (C=O) groups is 1. The van der Waals surface area contributed by atoms with Gasteiger partial charge in [0.05, 0.1) is 12.7 Å². The number of nitriles is 1. The number of ether oxygens (including phenoxy) is 1. The molecule has 0 saturated carbocycles. The molecule has 2 rings (SSSR count). The zero-order valence-electron chi connectivity index (χ0n) is 12.0. The van der Waals surface area contributed by atoms with Gasteiger partial charge in [0.15, 0.2) is 5.78 Å². The number of para-hydroxylation sites is 1. The summed E-state index contributed by atoms with van der Waals surface area (Å²) >= 11 is 0.